The Hall–Kier alpha value is -0.660. The molecule has 108 valence electrons. The highest BCUT2D eigenvalue weighted by Crippen LogP contribution is 2.26. The second-order valence-electron chi connectivity index (χ2n) is 4.33. The van der Waals surface area contributed by atoms with Gasteiger partial charge in [0.15, 0.2) is 5.82 Å². The van der Waals surface area contributed by atoms with Crippen LogP contribution in [0.5, 0.6) is 0 Å². The minimum Gasteiger partial charge on any atom is -0.399 e. The molecular weight excluding hydrogens is 335 g/mol. The fraction of sp³-hybridized carbons (Fsp3) is 0.500. The molecule has 0 aliphatic rings. The zero-order chi connectivity index (χ0) is 14.6. The number of rotatable bonds is 6. The maximum atomic E-state index is 13.9. The molecular formula is C12H18BrFN2O2S. The molecule has 0 saturated carbocycles. The molecule has 4 nitrogen and oxygen atoms in total. The van der Waals surface area contributed by atoms with Gasteiger partial charge < -0.3 is 5.73 Å². The summed E-state index contributed by atoms with van der Waals surface area (Å²) in [6, 6.07) is 2.26. The first kappa shape index (κ1) is 16.4. The Morgan fingerprint density at radius 1 is 1.42 bits per heavy atom. The highest BCUT2D eigenvalue weighted by molar-refractivity contribution is 9.10. The van der Waals surface area contributed by atoms with E-state index < -0.39 is 20.7 Å². The molecule has 0 saturated heterocycles. The van der Waals surface area contributed by atoms with Gasteiger partial charge in [0.05, 0.1) is 4.47 Å². The molecule has 0 aliphatic heterocycles. The summed E-state index contributed by atoms with van der Waals surface area (Å²) in [5, 5.41) is 0. The summed E-state index contributed by atoms with van der Waals surface area (Å²) in [4.78, 5) is -0.422. The van der Waals surface area contributed by atoms with Crippen LogP contribution < -0.4 is 10.5 Å². The van der Waals surface area contributed by atoms with Crippen LogP contribution in [0.2, 0.25) is 0 Å². The molecule has 1 aromatic rings. The SMILES string of the molecule is CCCC(CC)NS(=O)(=O)c1cc(N)cc(Br)c1F. The zero-order valence-electron chi connectivity index (χ0n) is 10.9. The Kier molecular flexibility index (Phi) is 5.76. The van der Waals surface area contributed by atoms with Gasteiger partial charge in [-0.2, -0.15) is 0 Å². The summed E-state index contributed by atoms with van der Waals surface area (Å²) in [5.41, 5.74) is 5.75. The van der Waals surface area contributed by atoms with Gasteiger partial charge in [-0.25, -0.2) is 17.5 Å². The molecule has 0 amide bonds. The predicted octanol–water partition coefficient (Wildman–Crippen LogP) is 3.03. The first-order chi connectivity index (χ1) is 8.81. The van der Waals surface area contributed by atoms with Crippen LogP contribution in [0.4, 0.5) is 10.1 Å². The van der Waals surface area contributed by atoms with Crippen molar-refractivity contribution >= 4 is 31.6 Å². The molecule has 0 spiro atoms. The summed E-state index contributed by atoms with van der Waals surface area (Å²) >= 11 is 2.96. The average Bonchev–Trinajstić information content (AvgIpc) is 2.32. The van der Waals surface area contributed by atoms with Crippen molar-refractivity contribution in [3.05, 3.63) is 22.4 Å². The van der Waals surface area contributed by atoms with Gasteiger partial charge in [-0.05, 0) is 40.9 Å². The Morgan fingerprint density at radius 3 is 2.58 bits per heavy atom. The number of anilines is 1. The van der Waals surface area contributed by atoms with E-state index in [0.29, 0.717) is 12.8 Å². The third-order valence-electron chi connectivity index (χ3n) is 2.76. The first-order valence-electron chi connectivity index (χ1n) is 6.08. The van der Waals surface area contributed by atoms with Crippen molar-refractivity contribution in [3.8, 4) is 0 Å². The first-order valence-corrected chi connectivity index (χ1v) is 8.36. The second-order valence-corrected chi connectivity index (χ2v) is 6.87. The van der Waals surface area contributed by atoms with E-state index in [0.717, 1.165) is 12.5 Å². The van der Waals surface area contributed by atoms with Gasteiger partial charge >= 0.3 is 0 Å². The smallest absolute Gasteiger partial charge is 0.243 e. The van der Waals surface area contributed by atoms with Crippen LogP contribution in [0.1, 0.15) is 33.1 Å². The Labute approximate surface area is 121 Å². The van der Waals surface area contributed by atoms with Crippen LogP contribution in [0, 0.1) is 5.82 Å². The lowest BCUT2D eigenvalue weighted by Gasteiger charge is -2.17. The van der Waals surface area contributed by atoms with Crippen molar-refractivity contribution in [1.82, 2.24) is 4.72 Å². The van der Waals surface area contributed by atoms with E-state index in [9.17, 15) is 12.8 Å². The van der Waals surface area contributed by atoms with Gasteiger partial charge in [0.25, 0.3) is 0 Å². The van der Waals surface area contributed by atoms with Crippen molar-refractivity contribution in [2.24, 2.45) is 0 Å². The van der Waals surface area contributed by atoms with E-state index in [-0.39, 0.29) is 16.2 Å². The molecule has 0 aliphatic carbocycles. The average molecular weight is 353 g/mol. The number of nitrogens with one attached hydrogen (secondary N) is 1. The van der Waals surface area contributed by atoms with E-state index in [2.05, 4.69) is 20.7 Å². The lowest BCUT2D eigenvalue weighted by atomic mass is 10.1. The molecule has 19 heavy (non-hydrogen) atoms. The fourth-order valence-corrected chi connectivity index (χ4v) is 3.85. The summed E-state index contributed by atoms with van der Waals surface area (Å²) in [6.45, 7) is 3.85. The molecule has 7 heteroatoms. The summed E-state index contributed by atoms with van der Waals surface area (Å²) in [5.74, 6) is -0.826. The third-order valence-corrected chi connectivity index (χ3v) is 4.86. The van der Waals surface area contributed by atoms with Crippen LogP contribution >= 0.6 is 15.9 Å². The Bertz CT molecular complexity index is 549. The molecule has 1 atom stereocenters. The van der Waals surface area contributed by atoms with E-state index in [1.807, 2.05) is 13.8 Å². The van der Waals surface area contributed by atoms with Crippen LogP contribution in [0.3, 0.4) is 0 Å². The van der Waals surface area contributed by atoms with Gasteiger partial charge in [-0.15, -0.1) is 0 Å². The van der Waals surface area contributed by atoms with Gasteiger partial charge in [0, 0.05) is 11.7 Å². The lowest BCUT2D eigenvalue weighted by molar-refractivity contribution is 0.505. The minimum absolute atomic E-state index is 0.0383. The number of nitrogen functional groups attached to an aromatic ring is 1. The van der Waals surface area contributed by atoms with Crippen LogP contribution in [-0.2, 0) is 10.0 Å². The lowest BCUT2D eigenvalue weighted by Crippen LogP contribution is -2.34. The highest BCUT2D eigenvalue weighted by Gasteiger charge is 2.24. The quantitative estimate of drug-likeness (QED) is 0.772. The predicted molar refractivity (Wildman–Crippen MR) is 77.8 cm³/mol. The summed E-state index contributed by atoms with van der Waals surface area (Å²) < 4.78 is 40.8. The molecule has 0 radical (unpaired) electrons. The van der Waals surface area contributed by atoms with Crippen LogP contribution in [0.15, 0.2) is 21.5 Å². The fourth-order valence-electron chi connectivity index (χ4n) is 1.76. The second kappa shape index (κ2) is 6.67. The van der Waals surface area contributed by atoms with Crippen molar-refractivity contribution in [3.63, 3.8) is 0 Å². The van der Waals surface area contributed by atoms with Crippen molar-refractivity contribution in [2.75, 3.05) is 5.73 Å². The topological polar surface area (TPSA) is 72.2 Å². The molecule has 1 unspecified atom stereocenters. The highest BCUT2D eigenvalue weighted by atomic mass is 79.9. The maximum Gasteiger partial charge on any atom is 0.243 e. The number of halogens is 2. The van der Waals surface area contributed by atoms with Gasteiger partial charge in [-0.3, -0.25) is 0 Å². The Balaban J connectivity index is 3.13. The van der Waals surface area contributed by atoms with Gasteiger partial charge in [0.2, 0.25) is 10.0 Å². The zero-order valence-corrected chi connectivity index (χ0v) is 13.3. The number of hydrogen-bond acceptors (Lipinski definition) is 3. The molecule has 3 N–H and O–H groups in total. The van der Waals surface area contributed by atoms with Crippen molar-refractivity contribution in [1.29, 1.82) is 0 Å². The Morgan fingerprint density at radius 2 is 2.05 bits per heavy atom. The molecule has 0 aromatic heterocycles. The molecule has 0 fully saturated rings. The monoisotopic (exact) mass is 352 g/mol. The number of hydrogen-bond donors (Lipinski definition) is 2. The van der Waals surface area contributed by atoms with Crippen LogP contribution in [-0.4, -0.2) is 14.5 Å². The number of benzene rings is 1. The molecule has 0 heterocycles. The maximum absolute atomic E-state index is 13.9. The van der Waals surface area contributed by atoms with Gasteiger partial charge in [-0.1, -0.05) is 20.3 Å². The van der Waals surface area contributed by atoms with E-state index in [4.69, 9.17) is 5.73 Å². The number of sulfonamides is 1. The summed E-state index contributed by atoms with van der Waals surface area (Å²) in [6.07, 6.45) is 2.21. The van der Waals surface area contributed by atoms with Crippen molar-refractivity contribution < 1.29 is 12.8 Å². The van der Waals surface area contributed by atoms with E-state index in [1.165, 1.54) is 6.07 Å². The van der Waals surface area contributed by atoms with E-state index in [1.54, 1.807) is 0 Å². The number of nitrogens with two attached hydrogens (primary N) is 1. The van der Waals surface area contributed by atoms with Gasteiger partial charge in [0.1, 0.15) is 4.90 Å². The van der Waals surface area contributed by atoms with Crippen molar-refractivity contribution in [2.45, 2.75) is 44.0 Å². The molecule has 1 rings (SSSR count). The minimum atomic E-state index is -3.90. The standard InChI is InChI=1S/C12H18BrFN2O2S/c1-3-5-9(4-2)16-19(17,18)11-7-8(15)6-10(13)12(11)14/h6-7,9,16H,3-5,15H2,1-2H3. The van der Waals surface area contributed by atoms with E-state index >= 15 is 0 Å². The van der Waals surface area contributed by atoms with Crippen LogP contribution in [0.25, 0.3) is 0 Å². The largest absolute Gasteiger partial charge is 0.399 e. The third kappa shape index (κ3) is 4.15. The normalized spacial score (nSPS) is 13.5. The molecule has 1 aromatic carbocycles. The summed E-state index contributed by atoms with van der Waals surface area (Å²) in [7, 11) is -3.90. The molecule has 0 bridgehead atoms.